The van der Waals surface area contributed by atoms with E-state index in [0.717, 1.165) is 0 Å². The normalized spacial score (nSPS) is 12.3. The molecule has 1 rings (SSSR count). The molecule has 0 amide bonds. The minimum absolute atomic E-state index is 0.476. The van der Waals surface area contributed by atoms with Crippen LogP contribution in [0.15, 0.2) is 6.07 Å². The van der Waals surface area contributed by atoms with Crippen molar-refractivity contribution in [1.82, 2.24) is 0 Å². The maximum absolute atomic E-state index is 13.0. The molecule has 74 valence electrons. The summed E-state index contributed by atoms with van der Waals surface area (Å²) in [5.41, 5.74) is -0.476. The van der Waals surface area contributed by atoms with Gasteiger partial charge < -0.3 is 4.85 Å². The van der Waals surface area contributed by atoms with Gasteiger partial charge in [-0.3, -0.25) is 0 Å². The molecule has 1 unspecified atom stereocenters. The Kier molecular flexibility index (Phi) is 2.75. The Labute approximate surface area is 77.8 Å². The summed E-state index contributed by atoms with van der Waals surface area (Å²) in [7, 11) is 0. The average Bonchev–Trinajstić information content (AvgIpc) is 2.19. The van der Waals surface area contributed by atoms with Crippen LogP contribution in [-0.4, -0.2) is 0 Å². The van der Waals surface area contributed by atoms with Crippen LogP contribution in [0.5, 0.6) is 0 Å². The molecule has 0 aliphatic rings. The molecule has 5 heteroatoms. The first-order chi connectivity index (χ1) is 6.49. The zero-order valence-electron chi connectivity index (χ0n) is 7.11. The van der Waals surface area contributed by atoms with E-state index in [2.05, 4.69) is 4.85 Å². The Bertz CT molecular complexity index is 408. The van der Waals surface area contributed by atoms with E-state index in [1.54, 1.807) is 0 Å². The summed E-state index contributed by atoms with van der Waals surface area (Å²) in [6.45, 7) is 7.82. The van der Waals surface area contributed by atoms with E-state index in [0.29, 0.717) is 6.07 Å². The lowest BCUT2D eigenvalue weighted by atomic mass is 10.1. The van der Waals surface area contributed by atoms with Crippen LogP contribution in [0, 0.1) is 29.8 Å². The summed E-state index contributed by atoms with van der Waals surface area (Å²) in [5.74, 6) is -6.74. The summed E-state index contributed by atoms with van der Waals surface area (Å²) in [4.78, 5) is 2.89. The topological polar surface area (TPSA) is 4.36 Å². The zero-order valence-corrected chi connectivity index (χ0v) is 7.11. The fourth-order valence-corrected chi connectivity index (χ4v) is 0.965. The summed E-state index contributed by atoms with van der Waals surface area (Å²) in [6.07, 6.45) is 0. The first-order valence-electron chi connectivity index (χ1n) is 3.68. The predicted molar refractivity (Wildman–Crippen MR) is 41.3 cm³/mol. The fourth-order valence-electron chi connectivity index (χ4n) is 0.965. The largest absolute Gasteiger partial charge is 0.309 e. The highest BCUT2D eigenvalue weighted by atomic mass is 19.2. The zero-order chi connectivity index (χ0) is 10.9. The third-order valence-electron chi connectivity index (χ3n) is 1.77. The van der Waals surface area contributed by atoms with Crippen LogP contribution in [0.1, 0.15) is 18.5 Å². The lowest BCUT2D eigenvalue weighted by molar-refractivity contribution is 0.402. The smallest absolute Gasteiger partial charge is 0.249 e. The second kappa shape index (κ2) is 3.66. The molecule has 0 bridgehead atoms. The molecule has 0 radical (unpaired) electrons. The van der Waals surface area contributed by atoms with E-state index in [1.807, 2.05) is 0 Å². The third kappa shape index (κ3) is 1.55. The summed E-state index contributed by atoms with van der Waals surface area (Å²) in [6, 6.07) is -0.546. The lowest BCUT2D eigenvalue weighted by Gasteiger charge is -2.04. The van der Waals surface area contributed by atoms with Gasteiger partial charge in [-0.25, -0.2) is 24.1 Å². The molecule has 0 spiro atoms. The van der Waals surface area contributed by atoms with Crippen LogP contribution in [0.3, 0.4) is 0 Å². The molecule has 0 aliphatic carbocycles. The highest BCUT2D eigenvalue weighted by molar-refractivity contribution is 5.26. The summed E-state index contributed by atoms with van der Waals surface area (Å²) >= 11 is 0. The van der Waals surface area contributed by atoms with E-state index in [4.69, 9.17) is 6.57 Å². The molecule has 1 aromatic rings. The van der Waals surface area contributed by atoms with Crippen molar-refractivity contribution in [2.45, 2.75) is 13.0 Å². The van der Waals surface area contributed by atoms with Crippen molar-refractivity contribution in [3.8, 4) is 0 Å². The molecule has 0 saturated carbocycles. The Morgan fingerprint density at radius 2 is 1.71 bits per heavy atom. The van der Waals surface area contributed by atoms with Gasteiger partial charge in [0.05, 0.1) is 5.56 Å². The third-order valence-corrected chi connectivity index (χ3v) is 1.77. The van der Waals surface area contributed by atoms with Gasteiger partial charge in [-0.1, -0.05) is 0 Å². The molecule has 0 heterocycles. The second-order valence-corrected chi connectivity index (χ2v) is 2.69. The van der Waals surface area contributed by atoms with Crippen molar-refractivity contribution in [2.24, 2.45) is 0 Å². The van der Waals surface area contributed by atoms with Gasteiger partial charge in [0.2, 0.25) is 6.04 Å². The van der Waals surface area contributed by atoms with Gasteiger partial charge >= 0.3 is 0 Å². The molecule has 0 aliphatic heterocycles. The van der Waals surface area contributed by atoms with Gasteiger partial charge in [-0.2, -0.15) is 0 Å². The van der Waals surface area contributed by atoms with E-state index < -0.39 is 34.9 Å². The Balaban J connectivity index is 3.42. The van der Waals surface area contributed by atoms with E-state index in [-0.39, 0.29) is 0 Å². The van der Waals surface area contributed by atoms with Gasteiger partial charge in [-0.15, -0.1) is 0 Å². The Hall–Kier alpha value is -1.57. The number of rotatable bonds is 1. The van der Waals surface area contributed by atoms with Crippen LogP contribution in [-0.2, 0) is 0 Å². The quantitative estimate of drug-likeness (QED) is 0.285. The first-order valence-corrected chi connectivity index (χ1v) is 3.68. The molecule has 0 fully saturated rings. The van der Waals surface area contributed by atoms with Gasteiger partial charge in [0.1, 0.15) is 0 Å². The van der Waals surface area contributed by atoms with Crippen molar-refractivity contribution < 1.29 is 17.6 Å². The molecule has 1 atom stereocenters. The number of benzene rings is 1. The molecule has 0 N–H and O–H groups in total. The minimum atomic E-state index is -1.88. The van der Waals surface area contributed by atoms with Gasteiger partial charge in [0.25, 0.3) is 0 Å². The maximum Gasteiger partial charge on any atom is 0.249 e. The van der Waals surface area contributed by atoms with E-state index in [9.17, 15) is 17.6 Å². The van der Waals surface area contributed by atoms with Crippen molar-refractivity contribution in [3.05, 3.63) is 46.3 Å². The van der Waals surface area contributed by atoms with Crippen LogP contribution >= 0.6 is 0 Å². The van der Waals surface area contributed by atoms with Gasteiger partial charge in [-0.05, 0) is 6.07 Å². The highest BCUT2D eigenvalue weighted by Gasteiger charge is 2.24. The van der Waals surface area contributed by atoms with Crippen molar-refractivity contribution in [1.29, 1.82) is 0 Å². The molecule has 1 aromatic carbocycles. The Morgan fingerprint density at radius 3 is 2.21 bits per heavy atom. The SMILES string of the molecule is [C-]#[N+]C(C)c1cc(F)c(F)c(F)c1F. The maximum atomic E-state index is 13.0. The molecule has 0 saturated heterocycles. The first kappa shape index (κ1) is 10.5. The number of halogens is 4. The second-order valence-electron chi connectivity index (χ2n) is 2.69. The standard InChI is InChI=1S/C9H5F4N/c1-4(14-2)5-3-6(10)8(12)9(13)7(5)11/h3-4H,1H3. The monoisotopic (exact) mass is 203 g/mol. The van der Waals surface area contributed by atoms with Crippen LogP contribution in [0.4, 0.5) is 17.6 Å². The van der Waals surface area contributed by atoms with Crippen molar-refractivity contribution >= 4 is 0 Å². The Morgan fingerprint density at radius 1 is 1.14 bits per heavy atom. The van der Waals surface area contributed by atoms with Crippen LogP contribution < -0.4 is 0 Å². The summed E-state index contributed by atoms with van der Waals surface area (Å²) in [5, 5.41) is 0. The van der Waals surface area contributed by atoms with E-state index >= 15 is 0 Å². The summed E-state index contributed by atoms with van der Waals surface area (Å²) < 4.78 is 50.7. The predicted octanol–water partition coefficient (Wildman–Crippen LogP) is 3.22. The number of nitrogens with zero attached hydrogens (tertiary/aromatic N) is 1. The van der Waals surface area contributed by atoms with Crippen LogP contribution in [0.25, 0.3) is 4.85 Å². The number of hydrogen-bond donors (Lipinski definition) is 0. The number of hydrogen-bond acceptors (Lipinski definition) is 0. The van der Waals surface area contributed by atoms with Gasteiger partial charge in [0, 0.05) is 6.92 Å². The highest BCUT2D eigenvalue weighted by Crippen LogP contribution is 2.25. The fraction of sp³-hybridized carbons (Fsp3) is 0.222. The molecular formula is C9H5F4N. The van der Waals surface area contributed by atoms with Crippen molar-refractivity contribution in [3.63, 3.8) is 0 Å². The average molecular weight is 203 g/mol. The van der Waals surface area contributed by atoms with Gasteiger partial charge in [0.15, 0.2) is 23.3 Å². The lowest BCUT2D eigenvalue weighted by Crippen LogP contribution is -2.02. The molecular weight excluding hydrogens is 198 g/mol. The molecule has 14 heavy (non-hydrogen) atoms. The molecule has 1 nitrogen and oxygen atoms in total. The van der Waals surface area contributed by atoms with Crippen LogP contribution in [0.2, 0.25) is 0 Å². The minimum Gasteiger partial charge on any atom is -0.309 e. The van der Waals surface area contributed by atoms with E-state index in [1.165, 1.54) is 6.92 Å². The molecule has 0 aromatic heterocycles. The van der Waals surface area contributed by atoms with Crippen molar-refractivity contribution in [2.75, 3.05) is 0 Å².